The predicted octanol–water partition coefficient (Wildman–Crippen LogP) is 2.19. The van der Waals surface area contributed by atoms with Crippen LogP contribution in [-0.2, 0) is 9.84 Å². The van der Waals surface area contributed by atoms with Gasteiger partial charge in [0.15, 0.2) is 15.0 Å². The van der Waals surface area contributed by atoms with E-state index >= 15 is 0 Å². The molecule has 0 aliphatic carbocycles. The second kappa shape index (κ2) is 4.46. The van der Waals surface area contributed by atoms with Crippen LogP contribution >= 0.6 is 11.3 Å². The van der Waals surface area contributed by atoms with E-state index in [-0.39, 0.29) is 5.75 Å². The highest BCUT2D eigenvalue weighted by molar-refractivity contribution is 7.91. The molecule has 1 aromatic carbocycles. The number of anilines is 1. The minimum absolute atomic E-state index is 0.107. The number of hydrogen-bond donors (Lipinski definition) is 1. The first-order valence-corrected chi connectivity index (χ1v) is 7.60. The summed E-state index contributed by atoms with van der Waals surface area (Å²) in [6, 6.07) is 6.70. The number of sulfone groups is 1. The molecular weight excluding hydrogens is 256 g/mol. The Bertz CT molecular complexity index is 615. The molecule has 90 valence electrons. The van der Waals surface area contributed by atoms with Crippen molar-refractivity contribution in [3.05, 3.63) is 29.6 Å². The Morgan fingerprint density at radius 1 is 1.29 bits per heavy atom. The third-order valence-corrected chi connectivity index (χ3v) is 4.84. The number of hydrogen-bond acceptors (Lipinski definition) is 5. The smallest absolute Gasteiger partial charge is 0.180 e. The molecule has 0 unspecified atom stereocenters. The van der Waals surface area contributed by atoms with Gasteiger partial charge in [0.2, 0.25) is 0 Å². The Hall–Kier alpha value is -1.40. The van der Waals surface area contributed by atoms with Gasteiger partial charge in [0, 0.05) is 10.9 Å². The molecular formula is C11H12N2O2S2. The Kier molecular flexibility index (Phi) is 3.17. The van der Waals surface area contributed by atoms with Crippen LogP contribution in [0.15, 0.2) is 34.5 Å². The quantitative estimate of drug-likeness (QED) is 0.926. The first-order chi connectivity index (χ1) is 8.03. The van der Waals surface area contributed by atoms with Crippen LogP contribution in [0.25, 0.3) is 11.3 Å². The number of nitrogens with zero attached hydrogens (tertiary/aromatic N) is 1. The van der Waals surface area contributed by atoms with Gasteiger partial charge in [0.1, 0.15) is 0 Å². The maximum Gasteiger partial charge on any atom is 0.180 e. The van der Waals surface area contributed by atoms with E-state index in [1.54, 1.807) is 31.2 Å². The molecule has 0 radical (unpaired) electrons. The Morgan fingerprint density at radius 3 is 2.41 bits per heavy atom. The molecule has 0 saturated heterocycles. The lowest BCUT2D eigenvalue weighted by molar-refractivity contribution is 0.597. The lowest BCUT2D eigenvalue weighted by atomic mass is 10.2. The molecule has 0 amide bonds. The van der Waals surface area contributed by atoms with E-state index in [4.69, 9.17) is 5.73 Å². The highest BCUT2D eigenvalue weighted by Gasteiger charge is 2.11. The van der Waals surface area contributed by atoms with Crippen LogP contribution in [0.4, 0.5) is 5.13 Å². The maximum atomic E-state index is 11.6. The van der Waals surface area contributed by atoms with E-state index in [0.29, 0.717) is 10.0 Å². The molecule has 0 saturated carbocycles. The van der Waals surface area contributed by atoms with Gasteiger partial charge in [0.25, 0.3) is 0 Å². The lowest BCUT2D eigenvalue weighted by Gasteiger charge is -2.02. The van der Waals surface area contributed by atoms with Crippen molar-refractivity contribution in [1.82, 2.24) is 4.98 Å². The van der Waals surface area contributed by atoms with Gasteiger partial charge in [-0.2, -0.15) is 0 Å². The fraction of sp³-hybridized carbons (Fsp3) is 0.182. The van der Waals surface area contributed by atoms with Crippen molar-refractivity contribution in [2.45, 2.75) is 11.8 Å². The molecule has 0 bridgehead atoms. The number of aromatic nitrogens is 1. The van der Waals surface area contributed by atoms with Crippen molar-refractivity contribution in [3.63, 3.8) is 0 Å². The van der Waals surface area contributed by atoms with Crippen molar-refractivity contribution < 1.29 is 8.42 Å². The van der Waals surface area contributed by atoms with Crippen LogP contribution in [0.3, 0.4) is 0 Å². The molecule has 1 aromatic heterocycles. The van der Waals surface area contributed by atoms with E-state index in [9.17, 15) is 8.42 Å². The zero-order valence-electron chi connectivity index (χ0n) is 9.25. The summed E-state index contributed by atoms with van der Waals surface area (Å²) in [6.45, 7) is 1.63. The predicted molar refractivity (Wildman–Crippen MR) is 69.7 cm³/mol. The van der Waals surface area contributed by atoms with Gasteiger partial charge in [-0.1, -0.05) is 19.1 Å². The lowest BCUT2D eigenvalue weighted by Crippen LogP contribution is -2.03. The van der Waals surface area contributed by atoms with Crippen molar-refractivity contribution in [3.8, 4) is 11.3 Å². The fourth-order valence-corrected chi connectivity index (χ4v) is 2.88. The van der Waals surface area contributed by atoms with Crippen molar-refractivity contribution >= 4 is 26.3 Å². The van der Waals surface area contributed by atoms with E-state index in [0.717, 1.165) is 11.3 Å². The van der Waals surface area contributed by atoms with E-state index in [1.807, 2.05) is 5.38 Å². The summed E-state index contributed by atoms with van der Waals surface area (Å²) in [6.07, 6.45) is 0. The second-order valence-corrected chi connectivity index (χ2v) is 6.67. The van der Waals surface area contributed by atoms with Gasteiger partial charge in [-0.15, -0.1) is 11.3 Å². The molecule has 6 heteroatoms. The zero-order valence-corrected chi connectivity index (χ0v) is 10.9. The van der Waals surface area contributed by atoms with Crippen LogP contribution in [0.1, 0.15) is 6.92 Å². The third-order valence-electron chi connectivity index (χ3n) is 2.41. The first kappa shape index (κ1) is 12.1. The van der Waals surface area contributed by atoms with Crippen LogP contribution in [0.5, 0.6) is 0 Å². The molecule has 0 spiro atoms. The monoisotopic (exact) mass is 268 g/mol. The molecule has 17 heavy (non-hydrogen) atoms. The fourth-order valence-electron chi connectivity index (χ4n) is 1.42. The number of nitrogen functional groups attached to an aromatic ring is 1. The maximum absolute atomic E-state index is 11.6. The summed E-state index contributed by atoms with van der Waals surface area (Å²) < 4.78 is 23.2. The molecule has 2 N–H and O–H groups in total. The summed E-state index contributed by atoms with van der Waals surface area (Å²) in [7, 11) is -3.13. The average Bonchev–Trinajstić information content (AvgIpc) is 2.76. The van der Waals surface area contributed by atoms with Gasteiger partial charge in [-0.25, -0.2) is 13.4 Å². The Balaban J connectivity index is 2.37. The molecule has 0 atom stereocenters. The zero-order chi connectivity index (χ0) is 12.5. The van der Waals surface area contributed by atoms with E-state index < -0.39 is 9.84 Å². The standard InChI is InChI=1S/C11H12N2O2S2/c1-2-17(14,15)9-5-3-8(4-6-9)10-7-16-11(12)13-10/h3-7H,2H2,1H3,(H2,12,13). The first-order valence-electron chi connectivity index (χ1n) is 5.07. The number of rotatable bonds is 3. The highest BCUT2D eigenvalue weighted by Crippen LogP contribution is 2.24. The summed E-state index contributed by atoms with van der Waals surface area (Å²) in [5, 5.41) is 2.35. The summed E-state index contributed by atoms with van der Waals surface area (Å²) >= 11 is 1.36. The van der Waals surface area contributed by atoms with Crippen LogP contribution in [0.2, 0.25) is 0 Å². The molecule has 2 rings (SSSR count). The van der Waals surface area contributed by atoms with Crippen molar-refractivity contribution in [1.29, 1.82) is 0 Å². The molecule has 0 aliphatic heterocycles. The third kappa shape index (κ3) is 2.48. The molecule has 0 aliphatic rings. The van der Waals surface area contributed by atoms with Gasteiger partial charge in [-0.05, 0) is 12.1 Å². The van der Waals surface area contributed by atoms with Gasteiger partial charge >= 0.3 is 0 Å². The van der Waals surface area contributed by atoms with E-state index in [2.05, 4.69) is 4.98 Å². The average molecular weight is 268 g/mol. The Labute approximate surface area is 104 Å². The summed E-state index contributed by atoms with van der Waals surface area (Å²) in [5.41, 5.74) is 7.19. The number of benzene rings is 1. The molecule has 4 nitrogen and oxygen atoms in total. The van der Waals surface area contributed by atoms with Gasteiger partial charge in [0.05, 0.1) is 16.3 Å². The molecule has 0 fully saturated rings. The van der Waals surface area contributed by atoms with Crippen LogP contribution < -0.4 is 5.73 Å². The molecule has 2 aromatic rings. The van der Waals surface area contributed by atoms with Gasteiger partial charge < -0.3 is 5.73 Å². The summed E-state index contributed by atoms with van der Waals surface area (Å²) in [4.78, 5) is 4.48. The van der Waals surface area contributed by atoms with Crippen LogP contribution in [0, 0.1) is 0 Å². The highest BCUT2D eigenvalue weighted by atomic mass is 32.2. The normalized spacial score (nSPS) is 11.6. The summed E-state index contributed by atoms with van der Waals surface area (Å²) in [5.74, 6) is 0.107. The van der Waals surface area contributed by atoms with Crippen molar-refractivity contribution in [2.24, 2.45) is 0 Å². The Morgan fingerprint density at radius 2 is 1.94 bits per heavy atom. The van der Waals surface area contributed by atoms with Crippen LogP contribution in [-0.4, -0.2) is 19.2 Å². The minimum atomic E-state index is -3.13. The number of nitrogens with two attached hydrogens (primary N) is 1. The topological polar surface area (TPSA) is 73.0 Å². The minimum Gasteiger partial charge on any atom is -0.375 e. The SMILES string of the molecule is CCS(=O)(=O)c1ccc(-c2csc(N)n2)cc1. The number of thiazole rings is 1. The van der Waals surface area contributed by atoms with Gasteiger partial charge in [-0.3, -0.25) is 0 Å². The second-order valence-electron chi connectivity index (χ2n) is 3.50. The largest absolute Gasteiger partial charge is 0.375 e. The van der Waals surface area contributed by atoms with Crippen molar-refractivity contribution in [2.75, 3.05) is 11.5 Å². The van der Waals surface area contributed by atoms with E-state index in [1.165, 1.54) is 11.3 Å². The molecule has 1 heterocycles.